The first-order valence-corrected chi connectivity index (χ1v) is 5.82. The molecule has 82 valence electrons. The van der Waals surface area contributed by atoms with Gasteiger partial charge >= 0.3 is 0 Å². The van der Waals surface area contributed by atoms with Crippen molar-refractivity contribution >= 4 is 15.9 Å². The van der Waals surface area contributed by atoms with Crippen LogP contribution in [-0.2, 0) is 6.42 Å². The Bertz CT molecular complexity index is 471. The predicted octanol–water partition coefficient (Wildman–Crippen LogP) is 3.44. The number of methoxy groups -OCH3 is 1. The van der Waals surface area contributed by atoms with Gasteiger partial charge in [0, 0.05) is 17.0 Å². The van der Waals surface area contributed by atoms with Crippen LogP contribution in [0.1, 0.15) is 11.3 Å². The van der Waals surface area contributed by atoms with Gasteiger partial charge in [0.1, 0.15) is 0 Å². The van der Waals surface area contributed by atoms with Gasteiger partial charge in [-0.3, -0.25) is 0 Å². The quantitative estimate of drug-likeness (QED) is 0.858. The van der Waals surface area contributed by atoms with Crippen LogP contribution in [0, 0.1) is 0 Å². The SMILES string of the molecule is COc1ccc(Br)c(Cc2ccccc2)n1. The van der Waals surface area contributed by atoms with Crippen LogP contribution in [-0.4, -0.2) is 12.1 Å². The van der Waals surface area contributed by atoms with Gasteiger partial charge in [0.05, 0.1) is 12.8 Å². The van der Waals surface area contributed by atoms with Crippen LogP contribution >= 0.6 is 15.9 Å². The van der Waals surface area contributed by atoms with Crippen molar-refractivity contribution in [3.05, 3.63) is 58.2 Å². The van der Waals surface area contributed by atoms with Crippen molar-refractivity contribution < 1.29 is 4.74 Å². The van der Waals surface area contributed by atoms with Crippen molar-refractivity contribution in [3.8, 4) is 5.88 Å². The molecule has 0 saturated carbocycles. The standard InChI is InChI=1S/C13H12BrNO/c1-16-13-8-7-11(14)12(15-13)9-10-5-3-2-4-6-10/h2-8H,9H2,1H3. The molecule has 2 aromatic rings. The molecule has 0 bridgehead atoms. The van der Waals surface area contributed by atoms with E-state index < -0.39 is 0 Å². The lowest BCUT2D eigenvalue weighted by Gasteiger charge is -2.06. The summed E-state index contributed by atoms with van der Waals surface area (Å²) in [5, 5.41) is 0. The molecule has 0 radical (unpaired) electrons. The van der Waals surface area contributed by atoms with Crippen molar-refractivity contribution in [2.24, 2.45) is 0 Å². The Labute approximate surface area is 103 Å². The maximum atomic E-state index is 5.12. The molecule has 16 heavy (non-hydrogen) atoms. The second kappa shape index (κ2) is 5.12. The third-order valence-corrected chi connectivity index (χ3v) is 3.04. The molecule has 1 aromatic heterocycles. The molecule has 0 aliphatic rings. The van der Waals surface area contributed by atoms with E-state index in [4.69, 9.17) is 4.74 Å². The average molecular weight is 278 g/mol. The molecule has 1 heterocycles. The Balaban J connectivity index is 2.27. The zero-order chi connectivity index (χ0) is 11.4. The van der Waals surface area contributed by atoms with Crippen LogP contribution in [0.25, 0.3) is 0 Å². The zero-order valence-corrected chi connectivity index (χ0v) is 10.6. The Hall–Kier alpha value is -1.35. The maximum Gasteiger partial charge on any atom is 0.213 e. The predicted molar refractivity (Wildman–Crippen MR) is 67.7 cm³/mol. The molecule has 0 unspecified atom stereocenters. The molecule has 0 atom stereocenters. The van der Waals surface area contributed by atoms with E-state index in [0.717, 1.165) is 16.6 Å². The Kier molecular flexibility index (Phi) is 3.57. The van der Waals surface area contributed by atoms with Crippen LogP contribution in [0.3, 0.4) is 0 Å². The summed E-state index contributed by atoms with van der Waals surface area (Å²) in [5.41, 5.74) is 2.23. The van der Waals surface area contributed by atoms with E-state index in [9.17, 15) is 0 Å². The second-order valence-corrected chi connectivity index (χ2v) is 4.30. The summed E-state index contributed by atoms with van der Waals surface area (Å²) in [6.07, 6.45) is 0.804. The average Bonchev–Trinajstić information content (AvgIpc) is 2.33. The molecule has 0 amide bonds. The fourth-order valence-electron chi connectivity index (χ4n) is 1.49. The molecule has 3 heteroatoms. The number of benzene rings is 1. The summed E-state index contributed by atoms with van der Waals surface area (Å²) in [5.74, 6) is 0.647. The van der Waals surface area contributed by atoms with Gasteiger partial charge in [0.25, 0.3) is 0 Å². The van der Waals surface area contributed by atoms with E-state index in [-0.39, 0.29) is 0 Å². The van der Waals surface area contributed by atoms with Crippen molar-refractivity contribution in [1.29, 1.82) is 0 Å². The van der Waals surface area contributed by atoms with Crippen LogP contribution in [0.4, 0.5) is 0 Å². The first-order chi connectivity index (χ1) is 7.79. The van der Waals surface area contributed by atoms with Crippen LogP contribution in [0.5, 0.6) is 5.88 Å². The van der Waals surface area contributed by atoms with Crippen molar-refractivity contribution in [2.75, 3.05) is 7.11 Å². The summed E-state index contributed by atoms with van der Waals surface area (Å²) in [6, 6.07) is 14.1. The first kappa shape index (κ1) is 11.1. The van der Waals surface area contributed by atoms with Crippen molar-refractivity contribution in [2.45, 2.75) is 6.42 Å². The maximum absolute atomic E-state index is 5.12. The number of aromatic nitrogens is 1. The zero-order valence-electron chi connectivity index (χ0n) is 8.98. The number of hydrogen-bond acceptors (Lipinski definition) is 2. The highest BCUT2D eigenvalue weighted by atomic mass is 79.9. The largest absolute Gasteiger partial charge is 0.481 e. The van der Waals surface area contributed by atoms with Gasteiger partial charge < -0.3 is 4.74 Å². The smallest absolute Gasteiger partial charge is 0.213 e. The number of hydrogen-bond donors (Lipinski definition) is 0. The van der Waals surface area contributed by atoms with Crippen molar-refractivity contribution in [1.82, 2.24) is 4.98 Å². The lowest BCUT2D eigenvalue weighted by molar-refractivity contribution is 0.396. The summed E-state index contributed by atoms with van der Waals surface area (Å²) in [7, 11) is 1.63. The number of pyridine rings is 1. The van der Waals surface area contributed by atoms with Crippen LogP contribution < -0.4 is 4.74 Å². The Morgan fingerprint density at radius 1 is 1.12 bits per heavy atom. The minimum atomic E-state index is 0.647. The van der Waals surface area contributed by atoms with E-state index in [1.807, 2.05) is 30.3 Å². The summed E-state index contributed by atoms with van der Waals surface area (Å²) in [4.78, 5) is 4.42. The molecule has 2 rings (SSSR count). The molecular formula is C13H12BrNO. The molecule has 0 aliphatic carbocycles. The molecule has 0 N–H and O–H groups in total. The normalized spacial score (nSPS) is 10.1. The summed E-state index contributed by atoms with van der Waals surface area (Å²) >= 11 is 3.50. The number of rotatable bonds is 3. The van der Waals surface area contributed by atoms with Crippen molar-refractivity contribution in [3.63, 3.8) is 0 Å². The second-order valence-electron chi connectivity index (χ2n) is 3.44. The molecule has 1 aromatic carbocycles. The summed E-state index contributed by atoms with van der Waals surface area (Å²) < 4.78 is 6.13. The van der Waals surface area contributed by atoms with E-state index in [2.05, 4.69) is 33.0 Å². The molecule has 0 saturated heterocycles. The summed E-state index contributed by atoms with van der Waals surface area (Å²) in [6.45, 7) is 0. The number of ether oxygens (including phenoxy) is 1. The lowest BCUT2D eigenvalue weighted by atomic mass is 10.1. The molecule has 0 aliphatic heterocycles. The minimum Gasteiger partial charge on any atom is -0.481 e. The fourth-order valence-corrected chi connectivity index (χ4v) is 1.85. The highest BCUT2D eigenvalue weighted by molar-refractivity contribution is 9.10. The molecular weight excluding hydrogens is 266 g/mol. The number of nitrogens with zero attached hydrogens (tertiary/aromatic N) is 1. The third kappa shape index (κ3) is 2.61. The van der Waals surface area contributed by atoms with Crippen LogP contribution in [0.2, 0.25) is 0 Å². The fraction of sp³-hybridized carbons (Fsp3) is 0.154. The van der Waals surface area contributed by atoms with Gasteiger partial charge in [0.15, 0.2) is 0 Å². The topological polar surface area (TPSA) is 22.1 Å². The molecule has 2 nitrogen and oxygen atoms in total. The molecule has 0 fully saturated rings. The van der Waals surface area contributed by atoms with Crippen LogP contribution in [0.15, 0.2) is 46.9 Å². The Morgan fingerprint density at radius 2 is 1.88 bits per heavy atom. The lowest BCUT2D eigenvalue weighted by Crippen LogP contribution is -1.96. The number of halogens is 1. The highest BCUT2D eigenvalue weighted by Crippen LogP contribution is 2.21. The van der Waals surface area contributed by atoms with E-state index in [0.29, 0.717) is 5.88 Å². The van der Waals surface area contributed by atoms with Gasteiger partial charge in [-0.15, -0.1) is 0 Å². The first-order valence-electron chi connectivity index (χ1n) is 5.03. The van der Waals surface area contributed by atoms with Gasteiger partial charge in [-0.25, -0.2) is 4.98 Å². The van der Waals surface area contributed by atoms with Gasteiger partial charge in [0.2, 0.25) is 5.88 Å². The van der Waals surface area contributed by atoms with E-state index in [1.54, 1.807) is 7.11 Å². The van der Waals surface area contributed by atoms with E-state index >= 15 is 0 Å². The monoisotopic (exact) mass is 277 g/mol. The minimum absolute atomic E-state index is 0.647. The third-order valence-electron chi connectivity index (χ3n) is 2.32. The van der Waals surface area contributed by atoms with E-state index in [1.165, 1.54) is 5.56 Å². The van der Waals surface area contributed by atoms with Gasteiger partial charge in [-0.1, -0.05) is 30.3 Å². The highest BCUT2D eigenvalue weighted by Gasteiger charge is 2.04. The molecule has 0 spiro atoms. The van der Waals surface area contributed by atoms with Gasteiger partial charge in [-0.05, 0) is 27.6 Å². The van der Waals surface area contributed by atoms with Gasteiger partial charge in [-0.2, -0.15) is 0 Å². The Morgan fingerprint density at radius 3 is 2.56 bits per heavy atom.